The average Bonchev–Trinajstić information content (AvgIpc) is 2.43. The molecule has 118 valence electrons. The molecular formula is C15H30N2O3. The highest BCUT2D eigenvalue weighted by Gasteiger charge is 2.24. The maximum Gasteiger partial charge on any atom is 0.407 e. The molecule has 0 radical (unpaired) electrons. The Kier molecular flexibility index (Phi) is 6.76. The quantitative estimate of drug-likeness (QED) is 0.670. The van der Waals surface area contributed by atoms with Gasteiger partial charge in [-0.05, 0) is 51.5 Å². The molecule has 0 aliphatic heterocycles. The van der Waals surface area contributed by atoms with Crippen LogP contribution in [0.25, 0.3) is 0 Å². The summed E-state index contributed by atoms with van der Waals surface area (Å²) >= 11 is 0. The van der Waals surface area contributed by atoms with Gasteiger partial charge in [0.15, 0.2) is 0 Å². The predicted octanol–water partition coefficient (Wildman–Crippen LogP) is 2.15. The molecule has 5 nitrogen and oxygen atoms in total. The Labute approximate surface area is 122 Å². The van der Waals surface area contributed by atoms with E-state index < -0.39 is 6.09 Å². The van der Waals surface area contributed by atoms with Crippen molar-refractivity contribution in [3.05, 3.63) is 0 Å². The molecular weight excluding hydrogens is 256 g/mol. The third-order valence-corrected chi connectivity index (χ3v) is 4.43. The Morgan fingerprint density at radius 1 is 1.25 bits per heavy atom. The molecule has 0 aromatic carbocycles. The molecule has 20 heavy (non-hydrogen) atoms. The van der Waals surface area contributed by atoms with Crippen LogP contribution in [0.15, 0.2) is 0 Å². The first-order chi connectivity index (χ1) is 9.34. The smallest absolute Gasteiger partial charge is 0.407 e. The monoisotopic (exact) mass is 286 g/mol. The minimum absolute atomic E-state index is 0.157. The predicted molar refractivity (Wildman–Crippen MR) is 79.9 cm³/mol. The lowest BCUT2D eigenvalue weighted by atomic mass is 9.80. The van der Waals surface area contributed by atoms with E-state index in [1.165, 1.54) is 30.6 Å². The number of aliphatic hydroxyl groups is 1. The first-order valence-corrected chi connectivity index (χ1v) is 7.64. The van der Waals surface area contributed by atoms with E-state index >= 15 is 0 Å². The lowest BCUT2D eigenvalue weighted by Gasteiger charge is -2.32. The number of amides is 1. The van der Waals surface area contributed by atoms with Crippen molar-refractivity contribution in [2.45, 2.75) is 51.5 Å². The van der Waals surface area contributed by atoms with Crippen LogP contribution < -0.4 is 5.32 Å². The highest BCUT2D eigenvalue weighted by molar-refractivity contribution is 5.64. The third kappa shape index (κ3) is 6.09. The second kappa shape index (κ2) is 7.84. The lowest BCUT2D eigenvalue weighted by molar-refractivity contribution is 0.147. The zero-order valence-electron chi connectivity index (χ0n) is 13.1. The summed E-state index contributed by atoms with van der Waals surface area (Å²) in [5.74, 6) is 1.35. The summed E-state index contributed by atoms with van der Waals surface area (Å²) in [6, 6.07) is 0. The van der Waals surface area contributed by atoms with Gasteiger partial charge in [-0.1, -0.05) is 12.8 Å². The van der Waals surface area contributed by atoms with Crippen molar-refractivity contribution in [1.82, 2.24) is 10.2 Å². The number of carboxylic acid groups (broad SMARTS) is 1. The van der Waals surface area contributed by atoms with Crippen LogP contribution in [0.5, 0.6) is 0 Å². The van der Waals surface area contributed by atoms with Gasteiger partial charge in [-0.3, -0.25) is 0 Å². The molecule has 1 fully saturated rings. The molecule has 0 heterocycles. The largest absolute Gasteiger partial charge is 0.465 e. The minimum Gasteiger partial charge on any atom is -0.465 e. The van der Waals surface area contributed by atoms with Gasteiger partial charge < -0.3 is 20.4 Å². The molecule has 0 atom stereocenters. The lowest BCUT2D eigenvalue weighted by Crippen LogP contribution is -2.45. The molecule has 5 heteroatoms. The second-order valence-corrected chi connectivity index (χ2v) is 6.80. The van der Waals surface area contributed by atoms with E-state index in [1.54, 1.807) is 7.05 Å². The van der Waals surface area contributed by atoms with Crippen molar-refractivity contribution in [3.63, 3.8) is 0 Å². The molecule has 0 saturated heterocycles. The average molecular weight is 286 g/mol. The summed E-state index contributed by atoms with van der Waals surface area (Å²) in [5, 5.41) is 21.5. The maximum absolute atomic E-state index is 10.7. The number of hydrogen-bond acceptors (Lipinski definition) is 3. The number of nitrogens with one attached hydrogen (secondary N) is 1. The fourth-order valence-electron chi connectivity index (χ4n) is 2.67. The van der Waals surface area contributed by atoms with Gasteiger partial charge in [0, 0.05) is 19.1 Å². The number of nitrogens with zero attached hydrogens (tertiary/aromatic N) is 1. The van der Waals surface area contributed by atoms with Gasteiger partial charge in [-0.15, -0.1) is 0 Å². The van der Waals surface area contributed by atoms with Gasteiger partial charge >= 0.3 is 6.09 Å². The zero-order chi connectivity index (χ0) is 15.2. The van der Waals surface area contributed by atoms with Crippen molar-refractivity contribution < 1.29 is 15.0 Å². The van der Waals surface area contributed by atoms with Gasteiger partial charge in [-0.2, -0.15) is 0 Å². The highest BCUT2D eigenvalue weighted by Crippen LogP contribution is 2.30. The molecule has 0 unspecified atom stereocenters. The van der Waals surface area contributed by atoms with Crippen LogP contribution >= 0.6 is 0 Å². The molecule has 0 aromatic heterocycles. The summed E-state index contributed by atoms with van der Waals surface area (Å²) in [4.78, 5) is 12.1. The molecule has 1 saturated carbocycles. The maximum atomic E-state index is 10.7. The second-order valence-electron chi connectivity index (χ2n) is 6.80. The zero-order valence-corrected chi connectivity index (χ0v) is 13.1. The Morgan fingerprint density at radius 2 is 1.80 bits per heavy atom. The summed E-state index contributed by atoms with van der Waals surface area (Å²) in [6.45, 7) is 5.79. The van der Waals surface area contributed by atoms with Crippen LogP contribution in [0.2, 0.25) is 0 Å². The SMILES string of the molecule is CN(CCC1CCC(CNC(C)(C)CO)CC1)C(=O)O. The number of rotatable bonds is 7. The Bertz CT molecular complexity index is 299. The Morgan fingerprint density at radius 3 is 2.30 bits per heavy atom. The van der Waals surface area contributed by atoms with E-state index in [9.17, 15) is 9.90 Å². The van der Waals surface area contributed by atoms with Crippen LogP contribution in [0.3, 0.4) is 0 Å². The van der Waals surface area contributed by atoms with Crippen LogP contribution in [0, 0.1) is 11.8 Å². The van der Waals surface area contributed by atoms with E-state index in [1.807, 2.05) is 13.8 Å². The van der Waals surface area contributed by atoms with E-state index in [4.69, 9.17) is 5.11 Å². The molecule has 0 spiro atoms. The standard InChI is InChI=1S/C15H30N2O3/c1-15(2,11-18)16-10-13-6-4-12(5-7-13)8-9-17(3)14(19)20/h12-13,16,18H,4-11H2,1-3H3,(H,19,20). The van der Waals surface area contributed by atoms with E-state index in [0.29, 0.717) is 18.4 Å². The van der Waals surface area contributed by atoms with Crippen molar-refractivity contribution in [3.8, 4) is 0 Å². The Hall–Kier alpha value is -0.810. The normalized spacial score (nSPS) is 23.6. The van der Waals surface area contributed by atoms with Gasteiger partial charge in [0.1, 0.15) is 0 Å². The third-order valence-electron chi connectivity index (χ3n) is 4.43. The minimum atomic E-state index is -0.839. The topological polar surface area (TPSA) is 72.8 Å². The number of aliphatic hydroxyl groups excluding tert-OH is 1. The number of carbonyl (C=O) groups is 1. The fourth-order valence-corrected chi connectivity index (χ4v) is 2.67. The summed E-state index contributed by atoms with van der Waals surface area (Å²) < 4.78 is 0. The summed E-state index contributed by atoms with van der Waals surface area (Å²) in [5.41, 5.74) is -0.193. The fraction of sp³-hybridized carbons (Fsp3) is 0.933. The van der Waals surface area contributed by atoms with Crippen LogP contribution in [-0.4, -0.2) is 53.5 Å². The number of hydrogen-bond donors (Lipinski definition) is 3. The molecule has 1 rings (SSSR count). The van der Waals surface area contributed by atoms with Crippen LogP contribution in [-0.2, 0) is 0 Å². The van der Waals surface area contributed by atoms with E-state index in [2.05, 4.69) is 5.32 Å². The van der Waals surface area contributed by atoms with E-state index in [-0.39, 0.29) is 12.1 Å². The van der Waals surface area contributed by atoms with Crippen LogP contribution in [0.4, 0.5) is 4.79 Å². The Balaban J connectivity index is 2.18. The van der Waals surface area contributed by atoms with Crippen molar-refractivity contribution in [1.29, 1.82) is 0 Å². The van der Waals surface area contributed by atoms with Crippen molar-refractivity contribution >= 4 is 6.09 Å². The molecule has 0 bridgehead atoms. The van der Waals surface area contributed by atoms with Crippen molar-refractivity contribution in [2.75, 3.05) is 26.7 Å². The first-order valence-electron chi connectivity index (χ1n) is 7.64. The molecule has 1 aliphatic rings. The van der Waals surface area contributed by atoms with Gasteiger partial charge in [0.2, 0.25) is 0 Å². The summed E-state index contributed by atoms with van der Waals surface area (Å²) in [6.07, 6.45) is 4.93. The molecule has 1 amide bonds. The van der Waals surface area contributed by atoms with Crippen LogP contribution in [0.1, 0.15) is 46.0 Å². The van der Waals surface area contributed by atoms with Gasteiger partial charge in [-0.25, -0.2) is 4.79 Å². The molecule has 0 aromatic rings. The van der Waals surface area contributed by atoms with Crippen molar-refractivity contribution in [2.24, 2.45) is 11.8 Å². The highest BCUT2D eigenvalue weighted by atomic mass is 16.4. The summed E-state index contributed by atoms with van der Waals surface area (Å²) in [7, 11) is 1.63. The van der Waals surface area contributed by atoms with Gasteiger partial charge in [0.25, 0.3) is 0 Å². The van der Waals surface area contributed by atoms with Gasteiger partial charge in [0.05, 0.1) is 6.61 Å². The van der Waals surface area contributed by atoms with E-state index in [0.717, 1.165) is 13.0 Å². The molecule has 1 aliphatic carbocycles. The first kappa shape index (κ1) is 17.2. The molecule has 3 N–H and O–H groups in total.